The standard InChI is InChI=1S/C15H31N3O/c1-13(2)17-7-5-15(11-16,6-8-17)18-9-10-19-12-14(18,3)4/h13H,5-12,16H2,1-4H3. The van der Waals surface area contributed by atoms with Gasteiger partial charge < -0.3 is 15.4 Å². The molecule has 2 heterocycles. The number of nitrogens with two attached hydrogens (primary N) is 1. The highest BCUT2D eigenvalue weighted by Crippen LogP contribution is 2.35. The molecule has 19 heavy (non-hydrogen) atoms. The van der Waals surface area contributed by atoms with Crippen molar-refractivity contribution >= 4 is 0 Å². The SMILES string of the molecule is CC(C)N1CCC(CN)(N2CCOCC2(C)C)CC1. The molecule has 2 fully saturated rings. The van der Waals surface area contributed by atoms with Gasteiger partial charge in [0.05, 0.1) is 13.2 Å². The number of piperidine rings is 1. The number of nitrogens with zero attached hydrogens (tertiary/aromatic N) is 2. The molecule has 2 aliphatic heterocycles. The molecule has 4 nitrogen and oxygen atoms in total. The summed E-state index contributed by atoms with van der Waals surface area (Å²) in [6.45, 7) is 14.9. The Morgan fingerprint density at radius 1 is 1.16 bits per heavy atom. The minimum atomic E-state index is 0.109. The average molecular weight is 269 g/mol. The average Bonchev–Trinajstić information content (AvgIpc) is 2.38. The molecular formula is C15H31N3O. The van der Waals surface area contributed by atoms with E-state index in [1.807, 2.05) is 0 Å². The van der Waals surface area contributed by atoms with E-state index in [4.69, 9.17) is 10.5 Å². The molecular weight excluding hydrogens is 238 g/mol. The van der Waals surface area contributed by atoms with Gasteiger partial charge in [-0.25, -0.2) is 0 Å². The first-order chi connectivity index (χ1) is 8.91. The Hall–Kier alpha value is -0.160. The monoisotopic (exact) mass is 269 g/mol. The lowest BCUT2D eigenvalue weighted by molar-refractivity contribution is -0.120. The lowest BCUT2D eigenvalue weighted by Gasteiger charge is -2.56. The summed E-state index contributed by atoms with van der Waals surface area (Å²) in [5, 5.41) is 0. The Balaban J connectivity index is 2.11. The van der Waals surface area contributed by atoms with Gasteiger partial charge in [-0.3, -0.25) is 4.90 Å². The zero-order valence-electron chi connectivity index (χ0n) is 13.1. The third-order valence-corrected chi connectivity index (χ3v) is 5.06. The first-order valence-corrected chi connectivity index (χ1v) is 7.71. The summed E-state index contributed by atoms with van der Waals surface area (Å²) in [6.07, 6.45) is 2.37. The van der Waals surface area contributed by atoms with Gasteiger partial charge in [0.15, 0.2) is 0 Å². The Bertz CT molecular complexity index is 296. The summed E-state index contributed by atoms with van der Waals surface area (Å²) in [4.78, 5) is 5.21. The minimum Gasteiger partial charge on any atom is -0.378 e. The van der Waals surface area contributed by atoms with Crippen LogP contribution in [0.15, 0.2) is 0 Å². The van der Waals surface area contributed by atoms with Crippen LogP contribution in [0.25, 0.3) is 0 Å². The molecule has 0 radical (unpaired) electrons. The highest BCUT2D eigenvalue weighted by atomic mass is 16.5. The lowest BCUT2D eigenvalue weighted by atomic mass is 9.81. The van der Waals surface area contributed by atoms with Gasteiger partial charge >= 0.3 is 0 Å². The highest BCUT2D eigenvalue weighted by Gasteiger charge is 2.46. The second-order valence-electron chi connectivity index (χ2n) is 7.07. The molecule has 112 valence electrons. The van der Waals surface area contributed by atoms with Gasteiger partial charge in [0.2, 0.25) is 0 Å². The van der Waals surface area contributed by atoms with Crippen molar-refractivity contribution in [2.24, 2.45) is 5.73 Å². The zero-order chi connectivity index (χ0) is 14.1. The molecule has 0 spiro atoms. The van der Waals surface area contributed by atoms with E-state index >= 15 is 0 Å². The maximum Gasteiger partial charge on any atom is 0.0645 e. The smallest absolute Gasteiger partial charge is 0.0645 e. The second-order valence-corrected chi connectivity index (χ2v) is 7.07. The highest BCUT2D eigenvalue weighted by molar-refractivity contribution is 5.03. The van der Waals surface area contributed by atoms with Crippen LogP contribution in [-0.4, -0.2) is 66.3 Å². The van der Waals surface area contributed by atoms with Crippen LogP contribution in [0.3, 0.4) is 0 Å². The fraction of sp³-hybridized carbons (Fsp3) is 1.00. The Kier molecular flexibility index (Phi) is 4.56. The number of likely N-dealkylation sites (tertiary alicyclic amines) is 1. The summed E-state index contributed by atoms with van der Waals surface area (Å²) < 4.78 is 5.66. The van der Waals surface area contributed by atoms with E-state index in [0.717, 1.165) is 26.3 Å². The number of hydrogen-bond donors (Lipinski definition) is 1. The quantitative estimate of drug-likeness (QED) is 0.838. The fourth-order valence-corrected chi connectivity index (χ4v) is 3.78. The topological polar surface area (TPSA) is 41.7 Å². The molecule has 2 rings (SSSR count). The molecule has 0 amide bonds. The van der Waals surface area contributed by atoms with Crippen LogP contribution in [0.1, 0.15) is 40.5 Å². The Morgan fingerprint density at radius 3 is 2.26 bits per heavy atom. The van der Waals surface area contributed by atoms with Crippen LogP contribution in [0.2, 0.25) is 0 Å². The molecule has 0 aliphatic carbocycles. The van der Waals surface area contributed by atoms with Crippen LogP contribution >= 0.6 is 0 Å². The molecule has 2 saturated heterocycles. The van der Waals surface area contributed by atoms with E-state index in [1.165, 1.54) is 25.9 Å². The Labute approximate surface area is 118 Å². The predicted molar refractivity (Wildman–Crippen MR) is 79.3 cm³/mol. The van der Waals surface area contributed by atoms with Gasteiger partial charge in [-0.2, -0.15) is 0 Å². The molecule has 0 aromatic rings. The van der Waals surface area contributed by atoms with Gasteiger partial charge in [0, 0.05) is 43.3 Å². The molecule has 0 unspecified atom stereocenters. The van der Waals surface area contributed by atoms with Crippen molar-refractivity contribution in [1.29, 1.82) is 0 Å². The van der Waals surface area contributed by atoms with Crippen molar-refractivity contribution in [2.45, 2.75) is 57.7 Å². The van der Waals surface area contributed by atoms with Gasteiger partial charge in [-0.1, -0.05) is 0 Å². The van der Waals surface area contributed by atoms with E-state index in [9.17, 15) is 0 Å². The first kappa shape index (κ1) is 15.2. The maximum atomic E-state index is 6.21. The molecule has 0 bridgehead atoms. The fourth-order valence-electron chi connectivity index (χ4n) is 3.78. The van der Waals surface area contributed by atoms with Gasteiger partial charge in [-0.05, 0) is 40.5 Å². The molecule has 0 atom stereocenters. The maximum absolute atomic E-state index is 6.21. The Morgan fingerprint density at radius 2 is 1.79 bits per heavy atom. The molecule has 0 aromatic carbocycles. The predicted octanol–water partition coefficient (Wildman–Crippen LogP) is 1.30. The molecule has 2 N–H and O–H groups in total. The van der Waals surface area contributed by atoms with Crippen molar-refractivity contribution in [2.75, 3.05) is 39.4 Å². The van der Waals surface area contributed by atoms with Crippen LogP contribution in [0.4, 0.5) is 0 Å². The van der Waals surface area contributed by atoms with Crippen molar-refractivity contribution < 1.29 is 4.74 Å². The molecule has 0 aromatic heterocycles. The van der Waals surface area contributed by atoms with Crippen LogP contribution < -0.4 is 5.73 Å². The van der Waals surface area contributed by atoms with E-state index in [-0.39, 0.29) is 11.1 Å². The molecule has 0 saturated carbocycles. The van der Waals surface area contributed by atoms with E-state index in [2.05, 4.69) is 37.5 Å². The summed E-state index contributed by atoms with van der Waals surface area (Å²) in [6, 6.07) is 0.647. The number of morpholine rings is 1. The van der Waals surface area contributed by atoms with Crippen LogP contribution in [-0.2, 0) is 4.74 Å². The summed E-state index contributed by atoms with van der Waals surface area (Å²) in [7, 11) is 0. The number of ether oxygens (including phenoxy) is 1. The number of hydrogen-bond acceptors (Lipinski definition) is 4. The molecule has 4 heteroatoms. The van der Waals surface area contributed by atoms with E-state index in [0.29, 0.717) is 6.04 Å². The van der Waals surface area contributed by atoms with Gasteiger partial charge in [0.1, 0.15) is 0 Å². The summed E-state index contributed by atoms with van der Waals surface area (Å²) >= 11 is 0. The lowest BCUT2D eigenvalue weighted by Crippen LogP contribution is -2.68. The van der Waals surface area contributed by atoms with Crippen molar-refractivity contribution in [3.05, 3.63) is 0 Å². The van der Waals surface area contributed by atoms with Crippen molar-refractivity contribution in [3.63, 3.8) is 0 Å². The zero-order valence-corrected chi connectivity index (χ0v) is 13.1. The first-order valence-electron chi connectivity index (χ1n) is 7.71. The van der Waals surface area contributed by atoms with Crippen LogP contribution in [0, 0.1) is 0 Å². The second kappa shape index (κ2) is 5.68. The largest absolute Gasteiger partial charge is 0.378 e. The van der Waals surface area contributed by atoms with Gasteiger partial charge in [0.25, 0.3) is 0 Å². The summed E-state index contributed by atoms with van der Waals surface area (Å²) in [5.74, 6) is 0. The van der Waals surface area contributed by atoms with Crippen molar-refractivity contribution in [1.82, 2.24) is 9.80 Å². The molecule has 2 aliphatic rings. The van der Waals surface area contributed by atoms with Gasteiger partial charge in [-0.15, -0.1) is 0 Å². The minimum absolute atomic E-state index is 0.109. The van der Waals surface area contributed by atoms with Crippen molar-refractivity contribution in [3.8, 4) is 0 Å². The van der Waals surface area contributed by atoms with Crippen LogP contribution in [0.5, 0.6) is 0 Å². The third-order valence-electron chi connectivity index (χ3n) is 5.06. The third kappa shape index (κ3) is 2.97. The van der Waals surface area contributed by atoms with E-state index in [1.54, 1.807) is 0 Å². The normalized spacial score (nSPS) is 28.7. The summed E-state index contributed by atoms with van der Waals surface area (Å²) in [5.41, 5.74) is 6.50. The number of rotatable bonds is 3. The van der Waals surface area contributed by atoms with E-state index < -0.39 is 0 Å².